The zero-order valence-corrected chi connectivity index (χ0v) is 15.0. The molecule has 0 bridgehead atoms. The van der Waals surface area contributed by atoms with E-state index in [1.807, 2.05) is 0 Å². The molecule has 1 aliphatic carbocycles. The molecule has 0 aromatic heterocycles. The fourth-order valence-electron chi connectivity index (χ4n) is 3.07. The lowest BCUT2D eigenvalue weighted by Gasteiger charge is -2.28. The number of aliphatic hydroxyl groups excluding tert-OH is 1. The molecular weight excluding hydrogens is 346 g/mol. The number of amides is 2. The molecule has 1 unspecified atom stereocenters. The maximum absolute atomic E-state index is 12.4. The molecular formula is C18H24F2N2O4. The van der Waals surface area contributed by atoms with Gasteiger partial charge in [0.1, 0.15) is 5.75 Å². The lowest BCUT2D eigenvalue weighted by Crippen LogP contribution is -2.49. The largest absolute Gasteiger partial charge is 0.435 e. The minimum absolute atomic E-state index is 0.0177. The van der Waals surface area contributed by atoms with Crippen molar-refractivity contribution in [3.63, 3.8) is 0 Å². The Bertz CT molecular complexity index is 665. The zero-order chi connectivity index (χ0) is 19.4. The summed E-state index contributed by atoms with van der Waals surface area (Å²) in [5.41, 5.74) is 1.60. The SMILES string of the molecule is CC(O)CN(C(=O)C(=O)N[C@@H]1CCc2ccc(OC(F)F)cc21)C(C)C. The van der Waals surface area contributed by atoms with Crippen molar-refractivity contribution >= 4 is 11.8 Å². The Balaban J connectivity index is 2.10. The van der Waals surface area contributed by atoms with Gasteiger partial charge in [-0.15, -0.1) is 0 Å². The predicted molar refractivity (Wildman–Crippen MR) is 90.8 cm³/mol. The molecule has 0 radical (unpaired) electrons. The molecule has 8 heteroatoms. The van der Waals surface area contributed by atoms with Gasteiger partial charge < -0.3 is 20.1 Å². The summed E-state index contributed by atoms with van der Waals surface area (Å²) in [7, 11) is 0. The number of benzene rings is 1. The molecule has 0 heterocycles. The van der Waals surface area contributed by atoms with Gasteiger partial charge in [-0.1, -0.05) is 6.07 Å². The molecule has 2 rings (SSSR count). The minimum Gasteiger partial charge on any atom is -0.435 e. The van der Waals surface area contributed by atoms with Gasteiger partial charge in [-0.25, -0.2) is 0 Å². The quantitative estimate of drug-likeness (QED) is 0.751. The number of aliphatic hydroxyl groups is 1. The van der Waals surface area contributed by atoms with Gasteiger partial charge in [0.25, 0.3) is 0 Å². The van der Waals surface area contributed by atoms with Gasteiger partial charge in [0.15, 0.2) is 0 Å². The molecule has 2 N–H and O–H groups in total. The number of carbonyl (C=O) groups excluding carboxylic acids is 2. The maximum Gasteiger partial charge on any atom is 0.387 e. The van der Waals surface area contributed by atoms with Crippen LogP contribution in [0.5, 0.6) is 5.75 Å². The van der Waals surface area contributed by atoms with Crippen LogP contribution in [0.4, 0.5) is 8.78 Å². The highest BCUT2D eigenvalue weighted by molar-refractivity contribution is 6.35. The molecule has 1 aromatic carbocycles. The third kappa shape index (κ3) is 4.91. The highest BCUT2D eigenvalue weighted by atomic mass is 19.3. The van der Waals surface area contributed by atoms with Crippen molar-refractivity contribution in [1.82, 2.24) is 10.2 Å². The smallest absolute Gasteiger partial charge is 0.387 e. The third-order valence-electron chi connectivity index (χ3n) is 4.26. The lowest BCUT2D eigenvalue weighted by atomic mass is 10.1. The number of ether oxygens (including phenoxy) is 1. The highest BCUT2D eigenvalue weighted by Gasteiger charge is 2.30. The van der Waals surface area contributed by atoms with E-state index in [0.717, 1.165) is 5.56 Å². The number of hydrogen-bond acceptors (Lipinski definition) is 4. The zero-order valence-electron chi connectivity index (χ0n) is 15.0. The molecule has 0 fully saturated rings. The van der Waals surface area contributed by atoms with E-state index in [9.17, 15) is 23.5 Å². The van der Waals surface area contributed by atoms with E-state index >= 15 is 0 Å². The number of halogens is 2. The van der Waals surface area contributed by atoms with Crippen LogP contribution in [-0.4, -0.2) is 47.1 Å². The van der Waals surface area contributed by atoms with E-state index in [1.165, 1.54) is 24.0 Å². The highest BCUT2D eigenvalue weighted by Crippen LogP contribution is 2.34. The Morgan fingerprint density at radius 1 is 1.35 bits per heavy atom. The average Bonchev–Trinajstić information content (AvgIpc) is 2.93. The van der Waals surface area contributed by atoms with E-state index in [-0.39, 0.29) is 18.3 Å². The Hall–Kier alpha value is -2.22. The van der Waals surface area contributed by atoms with E-state index in [0.29, 0.717) is 18.4 Å². The van der Waals surface area contributed by atoms with Crippen LogP contribution >= 0.6 is 0 Å². The van der Waals surface area contributed by atoms with E-state index in [1.54, 1.807) is 19.9 Å². The monoisotopic (exact) mass is 370 g/mol. The summed E-state index contributed by atoms with van der Waals surface area (Å²) in [4.78, 5) is 26.1. The molecule has 1 aromatic rings. The number of rotatable bonds is 6. The molecule has 144 valence electrons. The second-order valence-electron chi connectivity index (χ2n) is 6.70. The second kappa shape index (κ2) is 8.44. The molecule has 26 heavy (non-hydrogen) atoms. The first kappa shape index (κ1) is 20.1. The Morgan fingerprint density at radius 3 is 2.62 bits per heavy atom. The van der Waals surface area contributed by atoms with E-state index < -0.39 is 30.6 Å². The fourth-order valence-corrected chi connectivity index (χ4v) is 3.07. The number of fused-ring (bicyclic) bond motifs is 1. The number of hydrogen-bond donors (Lipinski definition) is 2. The number of alkyl halides is 2. The molecule has 0 spiro atoms. The molecule has 6 nitrogen and oxygen atoms in total. The first-order valence-electron chi connectivity index (χ1n) is 8.56. The van der Waals surface area contributed by atoms with Crippen LogP contribution in [-0.2, 0) is 16.0 Å². The van der Waals surface area contributed by atoms with Gasteiger partial charge in [0.05, 0.1) is 12.1 Å². The van der Waals surface area contributed by atoms with E-state index in [4.69, 9.17) is 0 Å². The van der Waals surface area contributed by atoms with Crippen LogP contribution < -0.4 is 10.1 Å². The van der Waals surface area contributed by atoms with Crippen LogP contribution in [0.3, 0.4) is 0 Å². The van der Waals surface area contributed by atoms with Crippen LogP contribution in [0.1, 0.15) is 44.4 Å². The molecule has 2 amide bonds. The summed E-state index contributed by atoms with van der Waals surface area (Å²) in [5, 5.41) is 12.2. The Morgan fingerprint density at radius 2 is 2.04 bits per heavy atom. The van der Waals surface area contributed by atoms with Crippen molar-refractivity contribution in [2.75, 3.05) is 6.54 Å². The van der Waals surface area contributed by atoms with Crippen LogP contribution in [0.15, 0.2) is 18.2 Å². The van der Waals surface area contributed by atoms with Gasteiger partial charge in [-0.2, -0.15) is 8.78 Å². The Kier molecular flexibility index (Phi) is 6.52. The van der Waals surface area contributed by atoms with Gasteiger partial charge in [-0.05, 0) is 56.9 Å². The topological polar surface area (TPSA) is 78.9 Å². The van der Waals surface area contributed by atoms with Crippen molar-refractivity contribution in [2.45, 2.75) is 58.4 Å². The van der Waals surface area contributed by atoms with Crippen LogP contribution in [0.2, 0.25) is 0 Å². The summed E-state index contributed by atoms with van der Waals surface area (Å²) in [6.07, 6.45) is 0.491. The molecule has 1 aliphatic rings. The van der Waals surface area contributed by atoms with Crippen molar-refractivity contribution in [1.29, 1.82) is 0 Å². The number of carbonyl (C=O) groups is 2. The maximum atomic E-state index is 12.4. The van der Waals surface area contributed by atoms with Crippen LogP contribution in [0.25, 0.3) is 0 Å². The van der Waals surface area contributed by atoms with Crippen molar-refractivity contribution < 1.29 is 28.2 Å². The third-order valence-corrected chi connectivity index (χ3v) is 4.26. The average molecular weight is 370 g/mol. The van der Waals surface area contributed by atoms with Gasteiger partial charge in [0.2, 0.25) is 0 Å². The van der Waals surface area contributed by atoms with Gasteiger partial charge in [-0.3, -0.25) is 9.59 Å². The van der Waals surface area contributed by atoms with E-state index in [2.05, 4.69) is 10.1 Å². The molecule has 0 saturated heterocycles. The molecule has 0 aliphatic heterocycles. The van der Waals surface area contributed by atoms with Crippen molar-refractivity contribution in [3.05, 3.63) is 29.3 Å². The second-order valence-corrected chi connectivity index (χ2v) is 6.70. The lowest BCUT2D eigenvalue weighted by molar-refractivity contribution is -0.148. The molecule has 0 saturated carbocycles. The standard InChI is InChI=1S/C18H24F2N2O4/c1-10(2)22(9-11(3)23)17(25)16(24)21-15-7-5-12-4-6-13(8-14(12)15)26-18(19)20/h4,6,8,10-11,15,18,23H,5,7,9H2,1-3H3,(H,21,24)/t11?,15-/m1/s1. The number of nitrogens with one attached hydrogen (secondary N) is 1. The summed E-state index contributed by atoms with van der Waals surface area (Å²) < 4.78 is 29.2. The Labute approximate surface area is 151 Å². The van der Waals surface area contributed by atoms with Gasteiger partial charge in [0, 0.05) is 12.6 Å². The molecule has 2 atom stereocenters. The van der Waals surface area contributed by atoms with Crippen molar-refractivity contribution in [2.24, 2.45) is 0 Å². The van der Waals surface area contributed by atoms with Crippen molar-refractivity contribution in [3.8, 4) is 5.75 Å². The summed E-state index contributed by atoms with van der Waals surface area (Å²) >= 11 is 0. The number of aryl methyl sites for hydroxylation is 1. The normalized spacial score (nSPS) is 17.2. The van der Waals surface area contributed by atoms with Gasteiger partial charge >= 0.3 is 18.4 Å². The fraction of sp³-hybridized carbons (Fsp3) is 0.556. The summed E-state index contributed by atoms with van der Waals surface area (Å²) in [5.74, 6) is -1.49. The number of nitrogens with zero attached hydrogens (tertiary/aromatic N) is 1. The predicted octanol–water partition coefficient (Wildman–Crippen LogP) is 2.01. The van der Waals surface area contributed by atoms with Crippen LogP contribution in [0, 0.1) is 0 Å². The first-order valence-corrected chi connectivity index (χ1v) is 8.56. The summed E-state index contributed by atoms with van der Waals surface area (Å²) in [6, 6.07) is 3.94. The first-order chi connectivity index (χ1) is 12.2. The summed E-state index contributed by atoms with van der Waals surface area (Å²) in [6.45, 7) is 2.18. The minimum atomic E-state index is -2.93.